The predicted octanol–water partition coefficient (Wildman–Crippen LogP) is 0.408. The van der Waals surface area contributed by atoms with Gasteiger partial charge in [0.15, 0.2) is 11.5 Å². The zero-order chi connectivity index (χ0) is 12.0. The van der Waals surface area contributed by atoms with E-state index in [4.69, 9.17) is 20.9 Å². The Bertz CT molecular complexity index is 366. The fourth-order valence-corrected chi connectivity index (χ4v) is 1.22. The van der Waals surface area contributed by atoms with E-state index in [2.05, 4.69) is 0 Å². The maximum absolute atomic E-state index is 10.5. The second-order valence-corrected chi connectivity index (χ2v) is 3.25. The number of hydrogen-bond donors (Lipinski definition) is 2. The lowest BCUT2D eigenvalue weighted by Crippen LogP contribution is -2.14. The van der Waals surface area contributed by atoms with E-state index in [1.54, 1.807) is 19.2 Å². The van der Waals surface area contributed by atoms with Gasteiger partial charge in [-0.3, -0.25) is 4.79 Å². The number of ether oxygens (including phenoxy) is 2. The first-order chi connectivity index (χ1) is 7.67. The van der Waals surface area contributed by atoms with Crippen LogP contribution in [0.5, 0.6) is 11.5 Å². The average molecular weight is 224 g/mol. The number of benzene rings is 1. The number of primary amides is 1. The summed E-state index contributed by atoms with van der Waals surface area (Å²) in [5.74, 6) is 0.797. The standard InChI is InChI=1S/C11H16N2O3/c1-15-10-6-8(7-12)2-3-9(10)16-5-4-11(13)14/h2-3,6H,4-5,7,12H2,1H3,(H2,13,14). The minimum atomic E-state index is -0.391. The Labute approximate surface area is 94.3 Å². The van der Waals surface area contributed by atoms with E-state index in [-0.39, 0.29) is 13.0 Å². The van der Waals surface area contributed by atoms with Crippen molar-refractivity contribution in [2.75, 3.05) is 13.7 Å². The highest BCUT2D eigenvalue weighted by atomic mass is 16.5. The Morgan fingerprint density at radius 3 is 2.69 bits per heavy atom. The number of methoxy groups -OCH3 is 1. The van der Waals surface area contributed by atoms with Crippen molar-refractivity contribution in [3.8, 4) is 11.5 Å². The van der Waals surface area contributed by atoms with Crippen molar-refractivity contribution in [3.05, 3.63) is 23.8 Å². The Morgan fingerprint density at radius 2 is 2.12 bits per heavy atom. The van der Waals surface area contributed by atoms with Crippen LogP contribution in [-0.4, -0.2) is 19.6 Å². The van der Waals surface area contributed by atoms with Gasteiger partial charge in [0, 0.05) is 6.54 Å². The topological polar surface area (TPSA) is 87.6 Å². The van der Waals surface area contributed by atoms with Gasteiger partial charge in [-0.1, -0.05) is 6.07 Å². The Balaban J connectivity index is 2.68. The van der Waals surface area contributed by atoms with Crippen molar-refractivity contribution in [2.45, 2.75) is 13.0 Å². The molecule has 16 heavy (non-hydrogen) atoms. The van der Waals surface area contributed by atoms with E-state index in [0.29, 0.717) is 18.0 Å². The van der Waals surface area contributed by atoms with Gasteiger partial charge in [0.05, 0.1) is 20.1 Å². The van der Waals surface area contributed by atoms with Gasteiger partial charge >= 0.3 is 0 Å². The number of hydrogen-bond acceptors (Lipinski definition) is 4. The highest BCUT2D eigenvalue weighted by molar-refractivity contribution is 5.73. The maximum Gasteiger partial charge on any atom is 0.220 e. The van der Waals surface area contributed by atoms with Gasteiger partial charge in [0.2, 0.25) is 5.91 Å². The third-order valence-corrected chi connectivity index (χ3v) is 2.07. The van der Waals surface area contributed by atoms with Crippen molar-refractivity contribution in [3.63, 3.8) is 0 Å². The first-order valence-electron chi connectivity index (χ1n) is 4.95. The smallest absolute Gasteiger partial charge is 0.220 e. The molecule has 0 radical (unpaired) electrons. The molecule has 1 rings (SSSR count). The summed E-state index contributed by atoms with van der Waals surface area (Å²) < 4.78 is 10.5. The molecule has 0 saturated carbocycles. The third-order valence-electron chi connectivity index (χ3n) is 2.07. The number of nitrogens with two attached hydrogens (primary N) is 2. The zero-order valence-corrected chi connectivity index (χ0v) is 9.23. The molecule has 1 amide bonds. The van der Waals surface area contributed by atoms with E-state index in [9.17, 15) is 4.79 Å². The molecule has 0 heterocycles. The first kappa shape index (κ1) is 12.3. The fourth-order valence-electron chi connectivity index (χ4n) is 1.22. The summed E-state index contributed by atoms with van der Waals surface area (Å²) in [4.78, 5) is 10.5. The second kappa shape index (κ2) is 5.97. The van der Waals surface area contributed by atoms with Gasteiger partial charge in [-0.2, -0.15) is 0 Å². The molecule has 1 aromatic carbocycles. The molecule has 0 fully saturated rings. The van der Waals surface area contributed by atoms with Gasteiger partial charge in [-0.15, -0.1) is 0 Å². The van der Waals surface area contributed by atoms with Crippen molar-refractivity contribution < 1.29 is 14.3 Å². The molecule has 5 heteroatoms. The molecule has 0 atom stereocenters. The van der Waals surface area contributed by atoms with Crippen LogP contribution in [0.1, 0.15) is 12.0 Å². The van der Waals surface area contributed by atoms with Gasteiger partial charge in [-0.05, 0) is 17.7 Å². The number of carbonyl (C=O) groups is 1. The third kappa shape index (κ3) is 3.43. The minimum absolute atomic E-state index is 0.182. The van der Waals surface area contributed by atoms with Crippen molar-refractivity contribution in [2.24, 2.45) is 11.5 Å². The molecule has 0 aliphatic heterocycles. The molecule has 0 bridgehead atoms. The van der Waals surface area contributed by atoms with Gasteiger partial charge < -0.3 is 20.9 Å². The quantitative estimate of drug-likeness (QED) is 0.732. The summed E-state index contributed by atoms with van der Waals surface area (Å²) in [5.41, 5.74) is 11.5. The first-order valence-corrected chi connectivity index (χ1v) is 4.95. The van der Waals surface area contributed by atoms with Crippen LogP contribution in [0.3, 0.4) is 0 Å². The highest BCUT2D eigenvalue weighted by Gasteiger charge is 2.05. The predicted molar refractivity (Wildman–Crippen MR) is 60.2 cm³/mol. The SMILES string of the molecule is COc1cc(CN)ccc1OCCC(N)=O. The molecule has 5 nitrogen and oxygen atoms in total. The largest absolute Gasteiger partial charge is 0.493 e. The lowest BCUT2D eigenvalue weighted by atomic mass is 10.2. The molecule has 1 aromatic rings. The van der Waals surface area contributed by atoms with Crippen molar-refractivity contribution >= 4 is 5.91 Å². The molecular formula is C11H16N2O3. The fraction of sp³-hybridized carbons (Fsp3) is 0.364. The Kier molecular flexibility index (Phi) is 4.60. The average Bonchev–Trinajstić information content (AvgIpc) is 2.29. The molecule has 0 unspecified atom stereocenters. The normalized spacial score (nSPS) is 9.88. The minimum Gasteiger partial charge on any atom is -0.493 e. The molecule has 0 spiro atoms. The summed E-state index contributed by atoms with van der Waals surface area (Å²) in [7, 11) is 1.55. The summed E-state index contributed by atoms with van der Waals surface area (Å²) in [5, 5.41) is 0. The highest BCUT2D eigenvalue weighted by Crippen LogP contribution is 2.27. The van der Waals surface area contributed by atoms with E-state index in [1.807, 2.05) is 6.07 Å². The molecule has 0 aliphatic carbocycles. The molecule has 0 aliphatic rings. The van der Waals surface area contributed by atoms with Gasteiger partial charge in [0.25, 0.3) is 0 Å². The van der Waals surface area contributed by atoms with E-state index >= 15 is 0 Å². The molecular weight excluding hydrogens is 208 g/mol. The van der Waals surface area contributed by atoms with Crippen LogP contribution >= 0.6 is 0 Å². The maximum atomic E-state index is 10.5. The summed E-state index contributed by atoms with van der Waals surface area (Å²) in [6.45, 7) is 0.686. The van der Waals surface area contributed by atoms with E-state index in [1.165, 1.54) is 0 Å². The number of amides is 1. The molecule has 88 valence electrons. The summed E-state index contributed by atoms with van der Waals surface area (Å²) >= 11 is 0. The van der Waals surface area contributed by atoms with E-state index < -0.39 is 5.91 Å². The van der Waals surface area contributed by atoms with Crippen LogP contribution in [0, 0.1) is 0 Å². The van der Waals surface area contributed by atoms with Crippen molar-refractivity contribution in [1.29, 1.82) is 0 Å². The zero-order valence-electron chi connectivity index (χ0n) is 9.23. The monoisotopic (exact) mass is 224 g/mol. The summed E-state index contributed by atoms with van der Waals surface area (Å²) in [6, 6.07) is 5.42. The van der Waals surface area contributed by atoms with Crippen molar-refractivity contribution in [1.82, 2.24) is 0 Å². The molecule has 4 N–H and O–H groups in total. The Morgan fingerprint density at radius 1 is 1.38 bits per heavy atom. The van der Waals surface area contributed by atoms with Crippen LogP contribution in [0.15, 0.2) is 18.2 Å². The van der Waals surface area contributed by atoms with Crippen LogP contribution in [-0.2, 0) is 11.3 Å². The molecule has 0 aromatic heterocycles. The number of rotatable bonds is 6. The lowest BCUT2D eigenvalue weighted by Gasteiger charge is -2.11. The van der Waals surface area contributed by atoms with Crippen LogP contribution in [0.4, 0.5) is 0 Å². The lowest BCUT2D eigenvalue weighted by molar-refractivity contribution is -0.118. The van der Waals surface area contributed by atoms with E-state index in [0.717, 1.165) is 5.56 Å². The number of carbonyl (C=O) groups excluding carboxylic acids is 1. The second-order valence-electron chi connectivity index (χ2n) is 3.25. The van der Waals surface area contributed by atoms with Crippen LogP contribution < -0.4 is 20.9 Å². The van der Waals surface area contributed by atoms with Gasteiger partial charge in [-0.25, -0.2) is 0 Å². The van der Waals surface area contributed by atoms with Crippen LogP contribution in [0.2, 0.25) is 0 Å². The van der Waals surface area contributed by atoms with Crippen LogP contribution in [0.25, 0.3) is 0 Å². The molecule has 0 saturated heterocycles. The summed E-state index contributed by atoms with van der Waals surface area (Å²) in [6.07, 6.45) is 0.182. The Hall–Kier alpha value is -1.75. The van der Waals surface area contributed by atoms with Gasteiger partial charge in [0.1, 0.15) is 0 Å².